The van der Waals surface area contributed by atoms with Gasteiger partial charge in [-0.25, -0.2) is 0 Å². The largest absolute Gasteiger partial charge is 0.497 e. The van der Waals surface area contributed by atoms with Gasteiger partial charge in [-0.2, -0.15) is 0 Å². The third kappa shape index (κ3) is 3.89. The minimum atomic E-state index is -1.54. The number of benzene rings is 1. The highest BCUT2D eigenvalue weighted by Crippen LogP contribution is 2.29. The molecule has 0 atom stereocenters. The molecule has 0 aliphatic carbocycles. The molecule has 0 unspecified atom stereocenters. The summed E-state index contributed by atoms with van der Waals surface area (Å²) in [5, 5.41) is 26.8. The number of ether oxygens (including phenoxy) is 1. The number of thioether (sulfide) groups is 2. The molecular formula is C11H13BN2O3S3. The molecule has 2 aromatic rings. The molecule has 9 heteroatoms. The lowest BCUT2D eigenvalue weighted by atomic mass is 9.79. The molecule has 2 N–H and O–H groups in total. The average molecular weight is 328 g/mol. The second kappa shape index (κ2) is 7.32. The number of hydrogen-bond acceptors (Lipinski definition) is 8. The van der Waals surface area contributed by atoms with E-state index >= 15 is 0 Å². The summed E-state index contributed by atoms with van der Waals surface area (Å²) in [7, 11) is -0.0413. The van der Waals surface area contributed by atoms with Gasteiger partial charge in [0, 0.05) is 11.2 Å². The van der Waals surface area contributed by atoms with E-state index in [1.165, 1.54) is 7.11 Å². The summed E-state index contributed by atoms with van der Waals surface area (Å²) in [6, 6.07) is 5.36. The second-order valence-corrected chi connectivity index (χ2v) is 7.03. The molecule has 0 radical (unpaired) electrons. The number of aromatic nitrogens is 2. The summed E-state index contributed by atoms with van der Waals surface area (Å²) < 4.78 is 6.93. The minimum Gasteiger partial charge on any atom is -0.497 e. The Labute approximate surface area is 129 Å². The molecule has 106 valence electrons. The Balaban J connectivity index is 2.07. The average Bonchev–Trinajstić information content (AvgIpc) is 2.92. The molecule has 0 saturated heterocycles. The van der Waals surface area contributed by atoms with E-state index in [1.54, 1.807) is 47.0 Å². The molecule has 20 heavy (non-hydrogen) atoms. The van der Waals surface area contributed by atoms with Crippen LogP contribution in [0, 0.1) is 0 Å². The van der Waals surface area contributed by atoms with Crippen LogP contribution in [0.2, 0.25) is 0 Å². The van der Waals surface area contributed by atoms with Crippen LogP contribution < -0.4 is 10.2 Å². The van der Waals surface area contributed by atoms with Gasteiger partial charge in [-0.3, -0.25) is 0 Å². The smallest absolute Gasteiger partial charge is 0.492 e. The Morgan fingerprint density at radius 3 is 2.65 bits per heavy atom. The predicted octanol–water partition coefficient (Wildman–Crippen LogP) is 1.24. The van der Waals surface area contributed by atoms with Crippen molar-refractivity contribution in [2.24, 2.45) is 0 Å². The van der Waals surface area contributed by atoms with Crippen molar-refractivity contribution in [3.63, 3.8) is 0 Å². The summed E-state index contributed by atoms with van der Waals surface area (Å²) in [5.74, 6) is 1.15. The standard InChI is InChI=1S/C11H13BN2O3S3/c1-17-9-4-3-7(5-8(9)12(15)16)6-19-11-14-13-10(18-2)20-11/h3-5,15-16H,6H2,1-2H3. The molecule has 1 heterocycles. The first kappa shape index (κ1) is 15.6. The van der Waals surface area contributed by atoms with Crippen molar-refractivity contribution in [3.8, 4) is 5.75 Å². The fourth-order valence-electron chi connectivity index (χ4n) is 1.56. The number of hydrogen-bond donors (Lipinski definition) is 2. The van der Waals surface area contributed by atoms with E-state index in [0.29, 0.717) is 17.0 Å². The summed E-state index contributed by atoms with van der Waals surface area (Å²) in [6.45, 7) is 0. The van der Waals surface area contributed by atoms with Gasteiger partial charge in [-0.05, 0) is 17.9 Å². The molecule has 0 bridgehead atoms. The van der Waals surface area contributed by atoms with E-state index in [2.05, 4.69) is 10.2 Å². The van der Waals surface area contributed by atoms with Gasteiger partial charge in [0.2, 0.25) is 0 Å². The van der Waals surface area contributed by atoms with Gasteiger partial charge in [0.25, 0.3) is 0 Å². The van der Waals surface area contributed by atoms with Crippen LogP contribution in [0.1, 0.15) is 5.56 Å². The monoisotopic (exact) mass is 328 g/mol. The molecule has 0 saturated carbocycles. The highest BCUT2D eigenvalue weighted by Gasteiger charge is 2.17. The fourth-order valence-corrected chi connectivity index (χ4v) is 3.94. The third-order valence-electron chi connectivity index (χ3n) is 2.50. The molecule has 5 nitrogen and oxygen atoms in total. The molecule has 1 aromatic carbocycles. The molecule has 0 aliphatic rings. The Hall–Kier alpha value is -0.735. The predicted molar refractivity (Wildman–Crippen MR) is 84.1 cm³/mol. The van der Waals surface area contributed by atoms with Gasteiger partial charge in [0.1, 0.15) is 5.75 Å². The van der Waals surface area contributed by atoms with Crippen LogP contribution in [0.25, 0.3) is 0 Å². The van der Waals surface area contributed by atoms with Gasteiger partial charge in [-0.15, -0.1) is 10.2 Å². The lowest BCUT2D eigenvalue weighted by Gasteiger charge is -2.09. The zero-order valence-corrected chi connectivity index (χ0v) is 13.4. The van der Waals surface area contributed by atoms with E-state index in [-0.39, 0.29) is 0 Å². The van der Waals surface area contributed by atoms with E-state index < -0.39 is 7.12 Å². The Morgan fingerprint density at radius 1 is 1.30 bits per heavy atom. The second-order valence-electron chi connectivity index (χ2n) is 3.78. The quantitative estimate of drug-likeness (QED) is 0.610. The lowest BCUT2D eigenvalue weighted by molar-refractivity contribution is 0.403. The van der Waals surface area contributed by atoms with Crippen molar-refractivity contribution >= 4 is 47.4 Å². The van der Waals surface area contributed by atoms with E-state index in [1.807, 2.05) is 12.3 Å². The Morgan fingerprint density at radius 2 is 2.05 bits per heavy atom. The topological polar surface area (TPSA) is 75.5 Å². The first-order valence-corrected chi connectivity index (χ1v) is 8.70. The van der Waals surface area contributed by atoms with Gasteiger partial charge in [-0.1, -0.05) is 47.0 Å². The highest BCUT2D eigenvalue weighted by molar-refractivity contribution is 8.02. The lowest BCUT2D eigenvalue weighted by Crippen LogP contribution is -2.31. The zero-order valence-electron chi connectivity index (χ0n) is 10.9. The van der Waals surface area contributed by atoms with E-state index in [9.17, 15) is 10.0 Å². The van der Waals surface area contributed by atoms with Crippen molar-refractivity contribution in [2.75, 3.05) is 13.4 Å². The van der Waals surface area contributed by atoms with Crippen molar-refractivity contribution in [3.05, 3.63) is 23.8 Å². The van der Waals surface area contributed by atoms with Gasteiger partial charge < -0.3 is 14.8 Å². The van der Waals surface area contributed by atoms with Crippen LogP contribution in [0.5, 0.6) is 5.75 Å². The zero-order chi connectivity index (χ0) is 14.5. The Bertz CT molecular complexity index is 580. The molecule has 0 fully saturated rings. The molecule has 2 rings (SSSR count). The normalized spacial score (nSPS) is 10.6. The summed E-state index contributed by atoms with van der Waals surface area (Å²) in [6.07, 6.45) is 1.97. The third-order valence-corrected chi connectivity index (χ3v) is 5.60. The number of nitrogens with zero attached hydrogens (tertiary/aromatic N) is 2. The summed E-state index contributed by atoms with van der Waals surface area (Å²) in [4.78, 5) is 0. The van der Waals surface area contributed by atoms with Gasteiger partial charge in [0.05, 0.1) is 7.11 Å². The molecule has 0 aliphatic heterocycles. The molecule has 0 amide bonds. The maximum atomic E-state index is 9.33. The highest BCUT2D eigenvalue weighted by atomic mass is 32.2. The molecule has 0 spiro atoms. The van der Waals surface area contributed by atoms with Crippen LogP contribution in [-0.4, -0.2) is 40.7 Å². The SMILES string of the molecule is COc1ccc(CSc2nnc(SC)s2)cc1B(O)O. The first-order chi connectivity index (χ1) is 9.63. The van der Waals surface area contributed by atoms with Crippen LogP contribution in [0.4, 0.5) is 0 Å². The van der Waals surface area contributed by atoms with E-state index in [4.69, 9.17) is 4.74 Å². The van der Waals surface area contributed by atoms with Crippen molar-refractivity contribution in [1.29, 1.82) is 0 Å². The van der Waals surface area contributed by atoms with Crippen LogP contribution in [-0.2, 0) is 5.75 Å². The van der Waals surface area contributed by atoms with Crippen LogP contribution >= 0.6 is 34.9 Å². The summed E-state index contributed by atoms with van der Waals surface area (Å²) in [5.41, 5.74) is 1.34. The van der Waals surface area contributed by atoms with Crippen molar-refractivity contribution < 1.29 is 14.8 Å². The van der Waals surface area contributed by atoms with Crippen LogP contribution in [0.15, 0.2) is 26.9 Å². The van der Waals surface area contributed by atoms with Crippen molar-refractivity contribution in [1.82, 2.24) is 10.2 Å². The van der Waals surface area contributed by atoms with Gasteiger partial charge >= 0.3 is 7.12 Å². The maximum Gasteiger partial charge on any atom is 0.492 e. The number of rotatable bonds is 6. The summed E-state index contributed by atoms with van der Waals surface area (Å²) >= 11 is 4.69. The number of methoxy groups -OCH3 is 1. The fraction of sp³-hybridized carbons (Fsp3) is 0.273. The molecular weight excluding hydrogens is 315 g/mol. The minimum absolute atomic E-state index is 0.368. The maximum absolute atomic E-state index is 9.33. The van der Waals surface area contributed by atoms with E-state index in [0.717, 1.165) is 14.2 Å². The van der Waals surface area contributed by atoms with Crippen LogP contribution in [0.3, 0.4) is 0 Å². The molecule has 1 aromatic heterocycles. The van der Waals surface area contributed by atoms with Crippen molar-refractivity contribution in [2.45, 2.75) is 14.4 Å². The van der Waals surface area contributed by atoms with Gasteiger partial charge in [0.15, 0.2) is 8.68 Å². The first-order valence-electron chi connectivity index (χ1n) is 5.67. The Kier molecular flexibility index (Phi) is 5.73.